The normalized spacial score (nSPS) is 18.2. The zero-order valence-corrected chi connectivity index (χ0v) is 20.3. The van der Waals surface area contributed by atoms with Crippen molar-refractivity contribution in [3.05, 3.63) is 72.3 Å². The number of pyridine rings is 1. The van der Waals surface area contributed by atoms with Crippen LogP contribution in [0.5, 0.6) is 5.75 Å². The van der Waals surface area contributed by atoms with Gasteiger partial charge in [-0.3, -0.25) is 0 Å². The van der Waals surface area contributed by atoms with Crippen LogP contribution in [0.3, 0.4) is 0 Å². The monoisotopic (exact) mass is 454 g/mol. The molecule has 2 N–H and O–H groups in total. The number of benzene rings is 3. The summed E-state index contributed by atoms with van der Waals surface area (Å²) in [5, 5.41) is 11.2. The SMILES string of the molecule is COc1ccc(CN[C@H]2CC[C@@H](Nc3cc(N(C)C)c4ccccc4n3)CC2)c2ccccc12. The number of ether oxygens (including phenoxy) is 1. The van der Waals surface area contributed by atoms with Gasteiger partial charge in [0.2, 0.25) is 0 Å². The Kier molecular flexibility index (Phi) is 6.54. The van der Waals surface area contributed by atoms with Crippen LogP contribution < -0.4 is 20.3 Å². The number of hydrogen-bond acceptors (Lipinski definition) is 5. The molecule has 0 unspecified atom stereocenters. The van der Waals surface area contributed by atoms with Crippen molar-refractivity contribution in [2.75, 3.05) is 31.4 Å². The van der Waals surface area contributed by atoms with Gasteiger partial charge in [0, 0.05) is 55.2 Å². The van der Waals surface area contributed by atoms with Crippen molar-refractivity contribution in [3.63, 3.8) is 0 Å². The topological polar surface area (TPSA) is 49.4 Å². The van der Waals surface area contributed by atoms with Gasteiger partial charge in [0.1, 0.15) is 11.6 Å². The average Bonchev–Trinajstić information content (AvgIpc) is 2.87. The maximum Gasteiger partial charge on any atom is 0.128 e. The fourth-order valence-electron chi connectivity index (χ4n) is 5.17. The van der Waals surface area contributed by atoms with Crippen molar-refractivity contribution in [3.8, 4) is 5.75 Å². The van der Waals surface area contributed by atoms with E-state index in [1.165, 1.54) is 40.3 Å². The summed E-state index contributed by atoms with van der Waals surface area (Å²) in [6.45, 7) is 0.881. The van der Waals surface area contributed by atoms with E-state index in [1.807, 2.05) is 0 Å². The molecule has 0 spiro atoms. The molecule has 176 valence electrons. The van der Waals surface area contributed by atoms with E-state index >= 15 is 0 Å². The Morgan fingerprint density at radius 3 is 2.26 bits per heavy atom. The van der Waals surface area contributed by atoms with Crippen LogP contribution in [0.25, 0.3) is 21.7 Å². The van der Waals surface area contributed by atoms with E-state index in [9.17, 15) is 0 Å². The molecule has 0 radical (unpaired) electrons. The Hall–Kier alpha value is -3.31. The first-order chi connectivity index (χ1) is 16.6. The van der Waals surface area contributed by atoms with E-state index in [0.717, 1.165) is 36.5 Å². The van der Waals surface area contributed by atoms with E-state index in [1.54, 1.807) is 7.11 Å². The minimum absolute atomic E-state index is 0.462. The van der Waals surface area contributed by atoms with E-state index in [0.29, 0.717) is 12.1 Å². The molecular weight excluding hydrogens is 420 g/mol. The molecule has 1 fully saturated rings. The second-order valence-corrected chi connectivity index (χ2v) is 9.48. The van der Waals surface area contributed by atoms with Gasteiger partial charge in [-0.25, -0.2) is 4.98 Å². The molecule has 4 aromatic rings. The molecule has 1 aliphatic carbocycles. The number of para-hydroxylation sites is 1. The minimum atomic E-state index is 0.462. The lowest BCUT2D eigenvalue weighted by Gasteiger charge is -2.30. The van der Waals surface area contributed by atoms with Crippen molar-refractivity contribution in [2.24, 2.45) is 0 Å². The smallest absolute Gasteiger partial charge is 0.128 e. The summed E-state index contributed by atoms with van der Waals surface area (Å²) in [4.78, 5) is 7.05. The highest BCUT2D eigenvalue weighted by atomic mass is 16.5. The molecule has 0 amide bonds. The zero-order chi connectivity index (χ0) is 23.5. The number of nitrogens with one attached hydrogen (secondary N) is 2. The van der Waals surface area contributed by atoms with Crippen molar-refractivity contribution < 1.29 is 4.74 Å². The Labute approximate surface area is 202 Å². The number of hydrogen-bond donors (Lipinski definition) is 2. The molecule has 0 saturated heterocycles. The molecule has 1 heterocycles. The number of methoxy groups -OCH3 is 1. The number of nitrogens with zero attached hydrogens (tertiary/aromatic N) is 2. The molecule has 5 rings (SSSR count). The fourth-order valence-corrected chi connectivity index (χ4v) is 5.17. The van der Waals surface area contributed by atoms with E-state index in [4.69, 9.17) is 9.72 Å². The largest absolute Gasteiger partial charge is 0.496 e. The first-order valence-electron chi connectivity index (χ1n) is 12.2. The third-order valence-corrected chi connectivity index (χ3v) is 7.03. The van der Waals surface area contributed by atoms with Crippen molar-refractivity contribution in [1.82, 2.24) is 10.3 Å². The predicted molar refractivity (Wildman–Crippen MR) is 143 cm³/mol. The highest BCUT2D eigenvalue weighted by Gasteiger charge is 2.22. The lowest BCUT2D eigenvalue weighted by atomic mass is 9.91. The van der Waals surface area contributed by atoms with Gasteiger partial charge in [-0.15, -0.1) is 0 Å². The van der Waals surface area contributed by atoms with E-state index in [-0.39, 0.29) is 0 Å². The molecule has 1 saturated carbocycles. The van der Waals surface area contributed by atoms with Crippen LogP contribution in [0, 0.1) is 0 Å². The third-order valence-electron chi connectivity index (χ3n) is 7.03. The third kappa shape index (κ3) is 4.66. The van der Waals surface area contributed by atoms with Gasteiger partial charge < -0.3 is 20.3 Å². The maximum atomic E-state index is 5.55. The molecule has 0 aliphatic heterocycles. The Bertz CT molecular complexity index is 1280. The van der Waals surface area contributed by atoms with Crippen LogP contribution in [0.2, 0.25) is 0 Å². The summed E-state index contributed by atoms with van der Waals surface area (Å²) in [7, 11) is 5.92. The van der Waals surface area contributed by atoms with Gasteiger partial charge in [-0.05, 0) is 48.8 Å². The van der Waals surface area contributed by atoms with Crippen LogP contribution in [0.4, 0.5) is 11.5 Å². The second kappa shape index (κ2) is 9.90. The number of fused-ring (bicyclic) bond motifs is 2. The van der Waals surface area contributed by atoms with Crippen LogP contribution >= 0.6 is 0 Å². The van der Waals surface area contributed by atoms with Gasteiger partial charge in [-0.1, -0.05) is 48.5 Å². The first kappa shape index (κ1) is 22.5. The van der Waals surface area contributed by atoms with Crippen LogP contribution in [0.15, 0.2) is 66.7 Å². The quantitative estimate of drug-likeness (QED) is 0.360. The van der Waals surface area contributed by atoms with Gasteiger partial charge in [0.15, 0.2) is 0 Å². The molecular formula is C29H34N4O. The first-order valence-corrected chi connectivity index (χ1v) is 12.2. The van der Waals surface area contributed by atoms with Gasteiger partial charge >= 0.3 is 0 Å². The molecule has 1 aliphatic rings. The summed E-state index contributed by atoms with van der Waals surface area (Å²) in [6, 6.07) is 24.3. The molecule has 0 bridgehead atoms. The van der Waals surface area contributed by atoms with Crippen LogP contribution in [0.1, 0.15) is 31.2 Å². The number of rotatable bonds is 7. The van der Waals surface area contributed by atoms with E-state index < -0.39 is 0 Å². The van der Waals surface area contributed by atoms with Crippen LogP contribution in [-0.4, -0.2) is 38.3 Å². The Balaban J connectivity index is 1.20. The summed E-state index contributed by atoms with van der Waals surface area (Å²) in [6.07, 6.45) is 4.62. The number of aromatic nitrogens is 1. The average molecular weight is 455 g/mol. The fraction of sp³-hybridized carbons (Fsp3) is 0.345. The second-order valence-electron chi connectivity index (χ2n) is 9.48. The molecule has 5 nitrogen and oxygen atoms in total. The van der Waals surface area contributed by atoms with Crippen molar-refractivity contribution >= 4 is 33.2 Å². The Morgan fingerprint density at radius 2 is 1.53 bits per heavy atom. The van der Waals surface area contributed by atoms with Crippen molar-refractivity contribution in [1.29, 1.82) is 0 Å². The maximum absolute atomic E-state index is 5.55. The lowest BCUT2D eigenvalue weighted by Crippen LogP contribution is -2.36. The summed E-state index contributed by atoms with van der Waals surface area (Å²) in [5.41, 5.74) is 3.57. The Morgan fingerprint density at radius 1 is 0.853 bits per heavy atom. The molecule has 1 aromatic heterocycles. The van der Waals surface area contributed by atoms with Gasteiger partial charge in [0.05, 0.1) is 12.6 Å². The molecule has 34 heavy (non-hydrogen) atoms. The van der Waals surface area contributed by atoms with E-state index in [2.05, 4.69) is 96.4 Å². The standard InChI is InChI=1S/C29H34N4O/c1-33(2)27-18-29(32-26-11-7-6-10-25(26)27)31-22-15-13-21(14-16-22)30-19-20-12-17-28(34-3)24-9-5-4-8-23(20)24/h4-12,17-18,21-22,30H,13-16,19H2,1-3H3,(H,31,32)/t21-,22+. The van der Waals surface area contributed by atoms with Crippen LogP contribution in [-0.2, 0) is 6.54 Å². The van der Waals surface area contributed by atoms with Gasteiger partial charge in [-0.2, -0.15) is 0 Å². The zero-order valence-electron chi connectivity index (χ0n) is 20.3. The summed E-state index contributed by atoms with van der Waals surface area (Å²) < 4.78 is 5.55. The summed E-state index contributed by atoms with van der Waals surface area (Å²) in [5.74, 6) is 1.91. The van der Waals surface area contributed by atoms with Gasteiger partial charge in [0.25, 0.3) is 0 Å². The molecule has 3 aromatic carbocycles. The lowest BCUT2D eigenvalue weighted by molar-refractivity contribution is 0.353. The summed E-state index contributed by atoms with van der Waals surface area (Å²) >= 11 is 0. The van der Waals surface area contributed by atoms with Crippen molar-refractivity contribution in [2.45, 2.75) is 44.3 Å². The molecule has 0 atom stereocenters. The predicted octanol–water partition coefficient (Wildman–Crippen LogP) is 5.98. The highest BCUT2D eigenvalue weighted by Crippen LogP contribution is 2.30. The minimum Gasteiger partial charge on any atom is -0.496 e. The number of anilines is 2. The molecule has 5 heteroatoms. The highest BCUT2D eigenvalue weighted by molar-refractivity contribution is 5.93.